The van der Waals surface area contributed by atoms with Crippen molar-refractivity contribution in [1.82, 2.24) is 10.6 Å². The number of hydrogen-bond donors (Lipinski definition) is 2. The van der Waals surface area contributed by atoms with Crippen molar-refractivity contribution < 1.29 is 9.59 Å². The molecular weight excluding hydrogens is 316 g/mol. The van der Waals surface area contributed by atoms with Gasteiger partial charge in [0.05, 0.1) is 17.5 Å². The number of nitrogens with one attached hydrogen (secondary N) is 2. The van der Waals surface area contributed by atoms with Crippen molar-refractivity contribution in [1.29, 1.82) is 0 Å². The fraction of sp³-hybridized carbons (Fsp3) is 0.375. The van der Waals surface area contributed by atoms with Crippen molar-refractivity contribution in [3.8, 4) is 0 Å². The summed E-state index contributed by atoms with van der Waals surface area (Å²) in [6.07, 6.45) is 0. The smallest absolute Gasteiger partial charge is 0.261 e. The summed E-state index contributed by atoms with van der Waals surface area (Å²) in [6, 6.07) is 5.70. The Morgan fingerprint density at radius 1 is 1.14 bits per heavy atom. The van der Waals surface area contributed by atoms with Crippen LogP contribution in [0.1, 0.15) is 42.8 Å². The first kappa shape index (κ1) is 16.7. The molecule has 0 spiro atoms. The summed E-state index contributed by atoms with van der Waals surface area (Å²) in [5.41, 5.74) is 1.14. The number of carbonyl (C=O) groups is 2. The fourth-order valence-electron chi connectivity index (χ4n) is 2.25. The summed E-state index contributed by atoms with van der Waals surface area (Å²) in [6.45, 7) is 8.00. The summed E-state index contributed by atoms with van der Waals surface area (Å²) in [5, 5.41) is 5.57. The molecule has 22 heavy (non-hydrogen) atoms. The van der Waals surface area contributed by atoms with Gasteiger partial charge in [0.1, 0.15) is 0 Å². The Labute approximate surface area is 138 Å². The molecule has 0 saturated heterocycles. The first-order valence-electron chi connectivity index (χ1n) is 7.07. The Bertz CT molecular complexity index is 688. The van der Waals surface area contributed by atoms with Crippen LogP contribution in [0.4, 0.5) is 0 Å². The highest BCUT2D eigenvalue weighted by Gasteiger charge is 2.15. The lowest BCUT2D eigenvalue weighted by Gasteiger charge is -2.14. The number of rotatable bonds is 5. The van der Waals surface area contributed by atoms with Crippen LogP contribution in [0, 0.1) is 20.8 Å². The van der Waals surface area contributed by atoms with Gasteiger partial charge in [0, 0.05) is 14.6 Å². The number of aryl methyl sites for hydroxylation is 3. The lowest BCUT2D eigenvalue weighted by atomic mass is 10.1. The molecule has 2 rings (SSSR count). The van der Waals surface area contributed by atoms with Gasteiger partial charge in [-0.15, -0.1) is 22.7 Å². The molecule has 1 atom stereocenters. The standard InChI is InChI=1S/C16H20N2O2S2/c1-9-5-6-14(22-9)16(20)17-8-15(19)18-11(3)13-7-10(2)21-12(13)4/h5-7,11H,8H2,1-4H3,(H,17,20)(H,18,19)/t11-/m1/s1. The molecule has 118 valence electrons. The third-order valence-corrected chi connectivity index (χ3v) is 5.28. The maximum Gasteiger partial charge on any atom is 0.261 e. The van der Waals surface area contributed by atoms with Gasteiger partial charge >= 0.3 is 0 Å². The molecule has 2 N–H and O–H groups in total. The first-order valence-corrected chi connectivity index (χ1v) is 8.71. The van der Waals surface area contributed by atoms with Crippen LogP contribution in [0.2, 0.25) is 0 Å². The summed E-state index contributed by atoms with van der Waals surface area (Å²) in [7, 11) is 0. The van der Waals surface area contributed by atoms with Gasteiger partial charge in [-0.3, -0.25) is 9.59 Å². The van der Waals surface area contributed by atoms with Crippen molar-refractivity contribution in [3.63, 3.8) is 0 Å². The second kappa shape index (κ2) is 7.07. The fourth-order valence-corrected chi connectivity index (χ4v) is 4.06. The molecule has 2 heterocycles. The minimum absolute atomic E-state index is 0.0116. The Morgan fingerprint density at radius 3 is 2.41 bits per heavy atom. The molecule has 0 aliphatic rings. The van der Waals surface area contributed by atoms with Gasteiger partial charge in [0.25, 0.3) is 5.91 Å². The second-order valence-electron chi connectivity index (χ2n) is 5.25. The average molecular weight is 336 g/mol. The largest absolute Gasteiger partial charge is 0.348 e. The Morgan fingerprint density at radius 2 is 1.86 bits per heavy atom. The van der Waals surface area contributed by atoms with E-state index in [4.69, 9.17) is 0 Å². The van der Waals surface area contributed by atoms with Crippen LogP contribution in [0.15, 0.2) is 18.2 Å². The zero-order valence-electron chi connectivity index (χ0n) is 13.1. The van der Waals surface area contributed by atoms with E-state index in [1.165, 1.54) is 21.1 Å². The van der Waals surface area contributed by atoms with E-state index < -0.39 is 0 Å². The molecule has 0 aliphatic carbocycles. The third-order valence-electron chi connectivity index (χ3n) is 3.30. The maximum absolute atomic E-state index is 12.0. The predicted octanol–water partition coefficient (Wildman–Crippen LogP) is 3.34. The molecule has 2 aromatic heterocycles. The second-order valence-corrected chi connectivity index (χ2v) is 8.00. The molecule has 2 aromatic rings. The summed E-state index contributed by atoms with van der Waals surface area (Å²) < 4.78 is 0. The van der Waals surface area contributed by atoms with Crippen LogP contribution in [-0.4, -0.2) is 18.4 Å². The van der Waals surface area contributed by atoms with E-state index in [2.05, 4.69) is 30.5 Å². The van der Waals surface area contributed by atoms with Crippen molar-refractivity contribution >= 4 is 34.5 Å². The molecule has 4 nitrogen and oxygen atoms in total. The minimum atomic E-state index is -0.205. The quantitative estimate of drug-likeness (QED) is 0.880. The van der Waals surface area contributed by atoms with Crippen LogP contribution >= 0.6 is 22.7 Å². The van der Waals surface area contributed by atoms with E-state index >= 15 is 0 Å². The number of amides is 2. The molecule has 0 aromatic carbocycles. The molecule has 6 heteroatoms. The van der Waals surface area contributed by atoms with Gasteiger partial charge in [-0.2, -0.15) is 0 Å². The van der Waals surface area contributed by atoms with Gasteiger partial charge in [-0.25, -0.2) is 0 Å². The molecule has 0 bridgehead atoms. The van der Waals surface area contributed by atoms with E-state index in [1.54, 1.807) is 17.4 Å². The van der Waals surface area contributed by atoms with Crippen LogP contribution < -0.4 is 10.6 Å². The SMILES string of the molecule is Cc1ccc(C(=O)NCC(=O)N[C@H](C)c2cc(C)sc2C)s1. The summed E-state index contributed by atoms with van der Waals surface area (Å²) >= 11 is 3.14. The number of hydrogen-bond acceptors (Lipinski definition) is 4. The highest BCUT2D eigenvalue weighted by Crippen LogP contribution is 2.25. The highest BCUT2D eigenvalue weighted by atomic mass is 32.1. The summed E-state index contributed by atoms with van der Waals surface area (Å²) in [4.78, 5) is 28.0. The van der Waals surface area contributed by atoms with Gasteiger partial charge in [-0.1, -0.05) is 0 Å². The molecule has 2 amide bonds. The monoisotopic (exact) mass is 336 g/mol. The van der Waals surface area contributed by atoms with Crippen molar-refractivity contribution in [2.45, 2.75) is 33.7 Å². The Balaban J connectivity index is 1.85. The zero-order valence-corrected chi connectivity index (χ0v) is 14.8. The van der Waals surface area contributed by atoms with E-state index in [0.717, 1.165) is 10.4 Å². The van der Waals surface area contributed by atoms with E-state index in [-0.39, 0.29) is 24.4 Å². The molecule has 0 saturated carbocycles. The van der Waals surface area contributed by atoms with Crippen LogP contribution in [0.5, 0.6) is 0 Å². The van der Waals surface area contributed by atoms with Crippen molar-refractivity contribution in [3.05, 3.63) is 43.3 Å². The number of carbonyl (C=O) groups excluding carboxylic acids is 2. The van der Waals surface area contributed by atoms with Gasteiger partial charge in [-0.05, 0) is 51.5 Å². The lowest BCUT2D eigenvalue weighted by molar-refractivity contribution is -0.120. The third kappa shape index (κ3) is 4.18. The topological polar surface area (TPSA) is 58.2 Å². The maximum atomic E-state index is 12.0. The molecule has 0 unspecified atom stereocenters. The molecule has 0 aliphatic heterocycles. The Hall–Kier alpha value is -1.66. The first-order chi connectivity index (χ1) is 10.4. The van der Waals surface area contributed by atoms with Gasteiger partial charge in [0.2, 0.25) is 5.91 Å². The van der Waals surface area contributed by atoms with Crippen LogP contribution in [-0.2, 0) is 4.79 Å². The highest BCUT2D eigenvalue weighted by molar-refractivity contribution is 7.14. The zero-order chi connectivity index (χ0) is 16.3. The number of thiophene rings is 2. The average Bonchev–Trinajstić information content (AvgIpc) is 3.01. The lowest BCUT2D eigenvalue weighted by Crippen LogP contribution is -2.37. The van der Waals surface area contributed by atoms with E-state index in [0.29, 0.717) is 4.88 Å². The molecule has 0 radical (unpaired) electrons. The van der Waals surface area contributed by atoms with Gasteiger partial charge in [0.15, 0.2) is 0 Å². The van der Waals surface area contributed by atoms with Crippen LogP contribution in [0.3, 0.4) is 0 Å². The normalized spacial score (nSPS) is 12.0. The molecular formula is C16H20N2O2S2. The predicted molar refractivity (Wildman–Crippen MR) is 91.7 cm³/mol. The molecule has 0 fully saturated rings. The van der Waals surface area contributed by atoms with Crippen molar-refractivity contribution in [2.75, 3.05) is 6.54 Å². The Kier molecular flexibility index (Phi) is 5.37. The minimum Gasteiger partial charge on any atom is -0.348 e. The van der Waals surface area contributed by atoms with E-state index in [1.807, 2.05) is 19.9 Å². The van der Waals surface area contributed by atoms with Crippen molar-refractivity contribution in [2.24, 2.45) is 0 Å². The van der Waals surface area contributed by atoms with Crippen LogP contribution in [0.25, 0.3) is 0 Å². The summed E-state index contributed by atoms with van der Waals surface area (Å²) in [5.74, 6) is -0.388. The van der Waals surface area contributed by atoms with Gasteiger partial charge < -0.3 is 10.6 Å². The van der Waals surface area contributed by atoms with E-state index in [9.17, 15) is 9.59 Å².